The van der Waals surface area contributed by atoms with Gasteiger partial charge in [0.05, 0.1) is 7.11 Å². The Morgan fingerprint density at radius 1 is 1.05 bits per heavy atom. The number of fused-ring (bicyclic) bond motifs is 1. The summed E-state index contributed by atoms with van der Waals surface area (Å²) in [5, 5.41) is 0. The van der Waals surface area contributed by atoms with E-state index in [9.17, 15) is 4.79 Å². The van der Waals surface area contributed by atoms with E-state index in [4.69, 9.17) is 4.74 Å². The van der Waals surface area contributed by atoms with E-state index in [1.165, 1.54) is 22.3 Å². The standard InChI is InChI=1S/C18H16O2/c1-20-15-6-5-11-7-14-10-17(19)16-4-2-3-12(18(14)16)8-13(11)9-15/h2-6,9,14H,7-8,10H2,1H3. The van der Waals surface area contributed by atoms with Gasteiger partial charge in [0.1, 0.15) is 5.75 Å². The maximum Gasteiger partial charge on any atom is 0.163 e. The van der Waals surface area contributed by atoms with Crippen LogP contribution in [0.15, 0.2) is 36.4 Å². The molecule has 0 radical (unpaired) electrons. The molecule has 1 unspecified atom stereocenters. The van der Waals surface area contributed by atoms with Gasteiger partial charge >= 0.3 is 0 Å². The van der Waals surface area contributed by atoms with Crippen molar-refractivity contribution in [1.82, 2.24) is 0 Å². The molecule has 100 valence electrons. The van der Waals surface area contributed by atoms with Gasteiger partial charge < -0.3 is 4.74 Å². The first kappa shape index (κ1) is 11.7. The van der Waals surface area contributed by atoms with Gasteiger partial charge in [0.2, 0.25) is 0 Å². The molecule has 2 nitrogen and oxygen atoms in total. The quantitative estimate of drug-likeness (QED) is 0.788. The van der Waals surface area contributed by atoms with Crippen molar-refractivity contribution in [3.63, 3.8) is 0 Å². The molecule has 20 heavy (non-hydrogen) atoms. The highest BCUT2D eigenvalue weighted by Gasteiger charge is 2.33. The second-order valence-electron chi connectivity index (χ2n) is 5.72. The maximum absolute atomic E-state index is 12.1. The second kappa shape index (κ2) is 4.20. The molecule has 0 spiro atoms. The zero-order valence-electron chi connectivity index (χ0n) is 11.5. The molecular formula is C18H16O2. The molecule has 0 saturated heterocycles. The number of methoxy groups -OCH3 is 1. The average Bonchev–Trinajstić information content (AvgIpc) is 2.69. The molecule has 0 heterocycles. The zero-order chi connectivity index (χ0) is 13.7. The molecule has 4 rings (SSSR count). The third-order valence-corrected chi connectivity index (χ3v) is 4.60. The van der Waals surface area contributed by atoms with Crippen molar-refractivity contribution in [3.8, 4) is 5.75 Å². The van der Waals surface area contributed by atoms with Crippen LogP contribution >= 0.6 is 0 Å². The minimum Gasteiger partial charge on any atom is -0.497 e. The molecule has 0 fully saturated rings. The fourth-order valence-corrected chi connectivity index (χ4v) is 3.67. The highest BCUT2D eigenvalue weighted by molar-refractivity contribution is 6.01. The number of hydrogen-bond acceptors (Lipinski definition) is 2. The number of carbonyl (C=O) groups is 1. The van der Waals surface area contributed by atoms with Crippen molar-refractivity contribution in [1.29, 1.82) is 0 Å². The number of rotatable bonds is 1. The van der Waals surface area contributed by atoms with Crippen LogP contribution < -0.4 is 4.74 Å². The highest BCUT2D eigenvalue weighted by Crippen LogP contribution is 2.42. The predicted molar refractivity (Wildman–Crippen MR) is 77.6 cm³/mol. The van der Waals surface area contributed by atoms with Gasteiger partial charge in [-0.15, -0.1) is 0 Å². The lowest BCUT2D eigenvalue weighted by molar-refractivity contribution is 0.0989. The number of hydrogen-bond donors (Lipinski definition) is 0. The van der Waals surface area contributed by atoms with Crippen LogP contribution in [-0.2, 0) is 12.8 Å². The third kappa shape index (κ3) is 1.61. The van der Waals surface area contributed by atoms with E-state index >= 15 is 0 Å². The van der Waals surface area contributed by atoms with Gasteiger partial charge in [-0.25, -0.2) is 0 Å². The second-order valence-corrected chi connectivity index (χ2v) is 5.72. The molecule has 2 aliphatic carbocycles. The van der Waals surface area contributed by atoms with Crippen molar-refractivity contribution < 1.29 is 9.53 Å². The predicted octanol–water partition coefficient (Wildman–Crippen LogP) is 3.51. The summed E-state index contributed by atoms with van der Waals surface area (Å²) < 4.78 is 5.34. The van der Waals surface area contributed by atoms with Crippen molar-refractivity contribution in [3.05, 3.63) is 64.2 Å². The first-order valence-corrected chi connectivity index (χ1v) is 7.07. The van der Waals surface area contributed by atoms with Gasteiger partial charge in [-0.2, -0.15) is 0 Å². The molecule has 2 heteroatoms. The number of benzene rings is 2. The molecule has 0 aliphatic heterocycles. The minimum absolute atomic E-state index is 0.309. The molecule has 0 N–H and O–H groups in total. The van der Waals surface area contributed by atoms with Crippen molar-refractivity contribution in [2.24, 2.45) is 0 Å². The van der Waals surface area contributed by atoms with Crippen LogP contribution in [0.2, 0.25) is 0 Å². The van der Waals surface area contributed by atoms with Gasteiger partial charge in [0.15, 0.2) is 5.78 Å². The van der Waals surface area contributed by atoms with Crippen LogP contribution in [0.4, 0.5) is 0 Å². The Labute approximate surface area is 118 Å². The lowest BCUT2D eigenvalue weighted by Crippen LogP contribution is -1.99. The van der Waals surface area contributed by atoms with Gasteiger partial charge in [0, 0.05) is 12.0 Å². The number of carbonyl (C=O) groups excluding carboxylic acids is 1. The van der Waals surface area contributed by atoms with E-state index in [1.807, 2.05) is 18.2 Å². The lowest BCUT2D eigenvalue weighted by Gasteiger charge is -2.10. The highest BCUT2D eigenvalue weighted by atomic mass is 16.5. The number of ether oxygens (including phenoxy) is 1. The number of Topliss-reactive ketones (excluding diaryl/α,β-unsaturated/α-hetero) is 1. The van der Waals surface area contributed by atoms with Crippen molar-refractivity contribution in [2.45, 2.75) is 25.2 Å². The molecule has 1 atom stereocenters. The number of ketones is 1. The molecule has 0 amide bonds. The molecule has 0 aromatic heterocycles. The van der Waals surface area contributed by atoms with Crippen molar-refractivity contribution >= 4 is 5.78 Å². The molecule has 2 aliphatic rings. The topological polar surface area (TPSA) is 26.3 Å². The van der Waals surface area contributed by atoms with Crippen molar-refractivity contribution in [2.75, 3.05) is 7.11 Å². The van der Waals surface area contributed by atoms with E-state index in [-0.39, 0.29) is 0 Å². The summed E-state index contributed by atoms with van der Waals surface area (Å²) in [6.07, 6.45) is 2.53. The van der Waals surface area contributed by atoms with E-state index in [1.54, 1.807) is 7.11 Å². The summed E-state index contributed by atoms with van der Waals surface area (Å²) in [4.78, 5) is 12.1. The zero-order valence-corrected chi connectivity index (χ0v) is 11.5. The molecule has 2 aromatic rings. The lowest BCUT2D eigenvalue weighted by atomic mass is 9.93. The van der Waals surface area contributed by atoms with Gasteiger partial charge in [-0.05, 0) is 53.1 Å². The molecule has 0 bridgehead atoms. The fourth-order valence-electron chi connectivity index (χ4n) is 3.67. The monoisotopic (exact) mass is 264 g/mol. The summed E-state index contributed by atoms with van der Waals surface area (Å²) in [6, 6.07) is 12.5. The van der Waals surface area contributed by atoms with Crippen LogP contribution in [0.1, 0.15) is 45.0 Å². The largest absolute Gasteiger partial charge is 0.497 e. The van der Waals surface area contributed by atoms with Crippen LogP contribution in [0.5, 0.6) is 5.75 Å². The molecule has 2 aromatic carbocycles. The SMILES string of the molecule is COc1ccc2c(c1)Cc1cccc3c1C(CC3=O)C2. The Morgan fingerprint density at radius 2 is 1.95 bits per heavy atom. The summed E-state index contributed by atoms with van der Waals surface area (Å²) in [5.74, 6) is 1.58. The fraction of sp³-hybridized carbons (Fsp3) is 0.278. The first-order valence-electron chi connectivity index (χ1n) is 7.07. The third-order valence-electron chi connectivity index (χ3n) is 4.60. The van der Waals surface area contributed by atoms with Crippen LogP contribution in [0.3, 0.4) is 0 Å². The Morgan fingerprint density at radius 3 is 2.80 bits per heavy atom. The Bertz CT molecular complexity index is 715. The maximum atomic E-state index is 12.1. The normalized spacial score (nSPS) is 19.2. The summed E-state index contributed by atoms with van der Waals surface area (Å²) in [6.45, 7) is 0. The summed E-state index contributed by atoms with van der Waals surface area (Å²) >= 11 is 0. The van der Waals surface area contributed by atoms with Crippen LogP contribution in [0.25, 0.3) is 0 Å². The average molecular weight is 264 g/mol. The summed E-state index contributed by atoms with van der Waals surface area (Å²) in [7, 11) is 1.70. The van der Waals surface area contributed by atoms with Gasteiger partial charge in [-0.3, -0.25) is 4.79 Å². The molecular weight excluding hydrogens is 248 g/mol. The van der Waals surface area contributed by atoms with Gasteiger partial charge in [0.25, 0.3) is 0 Å². The van der Waals surface area contributed by atoms with E-state index in [2.05, 4.69) is 18.2 Å². The van der Waals surface area contributed by atoms with Crippen LogP contribution in [0, 0.1) is 0 Å². The van der Waals surface area contributed by atoms with E-state index < -0.39 is 0 Å². The Kier molecular flexibility index (Phi) is 2.46. The smallest absolute Gasteiger partial charge is 0.163 e. The minimum atomic E-state index is 0.309. The first-order chi connectivity index (χ1) is 9.76. The summed E-state index contributed by atoms with van der Waals surface area (Å²) in [5.41, 5.74) is 6.25. The Balaban J connectivity index is 1.89. The van der Waals surface area contributed by atoms with E-state index in [0.717, 1.165) is 24.2 Å². The Hall–Kier alpha value is -2.09. The van der Waals surface area contributed by atoms with Crippen LogP contribution in [-0.4, -0.2) is 12.9 Å². The molecule has 0 saturated carbocycles. The van der Waals surface area contributed by atoms with E-state index in [0.29, 0.717) is 18.1 Å². The van der Waals surface area contributed by atoms with Gasteiger partial charge in [-0.1, -0.05) is 24.3 Å².